The molecule has 0 aliphatic carbocycles. The first-order chi connectivity index (χ1) is 22.6. The summed E-state index contributed by atoms with van der Waals surface area (Å²) in [5.74, 6) is 1.55. The first kappa shape index (κ1) is 38.1. The second-order valence-corrected chi connectivity index (χ2v) is 16.5. The Bertz CT molecular complexity index is 1620. The molecule has 251 valence electrons. The van der Waals surface area contributed by atoms with Gasteiger partial charge >= 0.3 is 29.6 Å². The topological polar surface area (TPSA) is 56.7 Å². The average molecular weight is 692 g/mol. The van der Waals surface area contributed by atoms with Gasteiger partial charge in [-0.25, -0.2) is 9.97 Å². The molecule has 48 heavy (non-hydrogen) atoms. The summed E-state index contributed by atoms with van der Waals surface area (Å²) in [6.07, 6.45) is 12.6. The van der Waals surface area contributed by atoms with Gasteiger partial charge in [0.05, 0.1) is 30.4 Å². The van der Waals surface area contributed by atoms with Crippen LogP contribution in [0.1, 0.15) is 93.8 Å². The van der Waals surface area contributed by atoms with Crippen LogP contribution in [-0.4, -0.2) is 86.3 Å². The molecule has 0 bridgehead atoms. The van der Waals surface area contributed by atoms with Gasteiger partial charge in [0, 0.05) is 52.6 Å². The number of piperidine rings is 1. The van der Waals surface area contributed by atoms with Crippen molar-refractivity contribution in [3.8, 4) is 0 Å². The van der Waals surface area contributed by atoms with Crippen molar-refractivity contribution < 1.29 is 31.0 Å². The van der Waals surface area contributed by atoms with Gasteiger partial charge in [-0.05, 0) is 131 Å². The second kappa shape index (κ2) is 18.4. The minimum atomic E-state index is 0. The van der Waals surface area contributed by atoms with E-state index in [1.807, 2.05) is 22.7 Å². The van der Waals surface area contributed by atoms with Crippen molar-refractivity contribution in [3.05, 3.63) is 57.5 Å². The molecular weight excluding hydrogens is 638 g/mol. The molecule has 3 atom stereocenters. The van der Waals surface area contributed by atoms with Crippen LogP contribution in [0.25, 0.3) is 20.4 Å². The molecule has 3 fully saturated rings. The normalized spacial score (nSPS) is 23.4. The van der Waals surface area contributed by atoms with Crippen LogP contribution in [0.5, 0.6) is 0 Å². The van der Waals surface area contributed by atoms with Crippen LogP contribution < -0.4 is 34.9 Å². The van der Waals surface area contributed by atoms with Crippen molar-refractivity contribution in [1.29, 1.82) is 0 Å². The minimum absolute atomic E-state index is 0. The Kier molecular flexibility index (Phi) is 14.6. The number of thiazole rings is 2. The fraction of sp³-hybridized carbons (Fsp3) is 0.605. The molecule has 3 radical (unpaired) electrons. The number of benzene rings is 2. The number of aliphatic imine (C=N–C) groups is 1. The van der Waals surface area contributed by atoms with Crippen LogP contribution >= 0.6 is 22.7 Å². The van der Waals surface area contributed by atoms with Crippen LogP contribution in [0.2, 0.25) is 0 Å². The standard InChI is InChI=1S/C19H27N3S.C19H25N3S.B.Na.H/c2*1-14-4-6-16(20-13-14)15-5-7-18-17(12-15)21-19(23-18)8-11-22-9-2-3-10-22;;;/h5,7,12,14,16,20H,2-4,6,8-11,13H2,1H3;5,7,12,14H,2-4,6,8-11,13H2,1H3;;;/q;;;+1;-1/t14-,16+;14-;;;/m00.../s1. The molecule has 10 heteroatoms. The van der Waals surface area contributed by atoms with Gasteiger partial charge < -0.3 is 16.5 Å². The Hall–Kier alpha value is -1.17. The Morgan fingerprint density at radius 2 is 1.38 bits per heavy atom. The van der Waals surface area contributed by atoms with E-state index in [9.17, 15) is 0 Å². The molecule has 4 aromatic rings. The van der Waals surface area contributed by atoms with Gasteiger partial charge in [-0.3, -0.25) is 4.99 Å². The third kappa shape index (κ3) is 10.00. The molecule has 6 heterocycles. The zero-order chi connectivity index (χ0) is 31.3. The van der Waals surface area contributed by atoms with E-state index in [4.69, 9.17) is 15.0 Å². The van der Waals surface area contributed by atoms with Gasteiger partial charge in [-0.15, -0.1) is 22.7 Å². The number of hydrogen-bond donors (Lipinski definition) is 1. The van der Waals surface area contributed by atoms with E-state index in [1.54, 1.807) is 0 Å². The maximum absolute atomic E-state index is 4.91. The molecular formula is C38H53BN6NaS2. The minimum Gasteiger partial charge on any atom is -1.00 e. The van der Waals surface area contributed by atoms with Crippen molar-refractivity contribution in [1.82, 2.24) is 25.1 Å². The Labute approximate surface area is 321 Å². The van der Waals surface area contributed by atoms with Crippen molar-refractivity contribution in [2.75, 3.05) is 52.4 Å². The van der Waals surface area contributed by atoms with E-state index in [0.717, 1.165) is 56.2 Å². The SMILES string of the molecule is C[C@H]1CCC(c2ccc3sc(CCN4CCCC4)nc3c2)=NC1.C[C@H]1CC[C@H](c2ccc3sc(CCN4CCCC4)nc3c2)NC1.[B].[H-].[Na+]. The van der Waals surface area contributed by atoms with Gasteiger partial charge in [0.15, 0.2) is 0 Å². The molecule has 4 aliphatic heterocycles. The second-order valence-electron chi connectivity index (χ2n) is 14.3. The van der Waals surface area contributed by atoms with Crippen LogP contribution in [0.15, 0.2) is 41.4 Å². The summed E-state index contributed by atoms with van der Waals surface area (Å²) in [7, 11) is 0. The van der Waals surface area contributed by atoms with E-state index >= 15 is 0 Å². The third-order valence-electron chi connectivity index (χ3n) is 10.4. The molecule has 0 unspecified atom stereocenters. The summed E-state index contributed by atoms with van der Waals surface area (Å²) < 4.78 is 2.66. The van der Waals surface area contributed by atoms with Gasteiger partial charge in [0.2, 0.25) is 0 Å². The number of rotatable bonds is 8. The molecule has 0 saturated carbocycles. The summed E-state index contributed by atoms with van der Waals surface area (Å²) in [6.45, 7) is 14.2. The number of nitrogens with one attached hydrogen (secondary N) is 1. The van der Waals surface area contributed by atoms with Crippen LogP contribution in [0, 0.1) is 11.8 Å². The largest absolute Gasteiger partial charge is 1.00 e. The van der Waals surface area contributed by atoms with Gasteiger partial charge in [0.25, 0.3) is 0 Å². The Balaban J connectivity index is 0.000000208. The van der Waals surface area contributed by atoms with Crippen molar-refractivity contribution in [2.24, 2.45) is 16.8 Å². The monoisotopic (exact) mass is 691 g/mol. The van der Waals surface area contributed by atoms with Crippen LogP contribution in [0.3, 0.4) is 0 Å². The summed E-state index contributed by atoms with van der Waals surface area (Å²) in [6, 6.07) is 14.1. The smallest absolute Gasteiger partial charge is 1.00 e. The first-order valence-corrected chi connectivity index (χ1v) is 19.7. The fourth-order valence-electron chi connectivity index (χ4n) is 7.44. The molecule has 4 aliphatic rings. The average Bonchev–Trinajstić information content (AvgIpc) is 3.90. The van der Waals surface area contributed by atoms with Crippen molar-refractivity contribution in [2.45, 2.75) is 84.1 Å². The van der Waals surface area contributed by atoms with Crippen molar-refractivity contribution >= 4 is 57.2 Å². The fourth-order valence-corrected chi connectivity index (χ4v) is 9.31. The maximum atomic E-state index is 4.91. The summed E-state index contributed by atoms with van der Waals surface area (Å²) in [4.78, 5) is 19.7. The number of fused-ring (bicyclic) bond motifs is 2. The quantitative estimate of drug-likeness (QED) is 0.267. The molecule has 8 rings (SSSR count). The Morgan fingerprint density at radius 1 is 0.771 bits per heavy atom. The maximum Gasteiger partial charge on any atom is 1.00 e. The molecule has 2 aromatic heterocycles. The predicted molar refractivity (Wildman–Crippen MR) is 204 cm³/mol. The molecule has 2 aromatic carbocycles. The zero-order valence-electron chi connectivity index (χ0n) is 30.6. The predicted octanol–water partition coefficient (Wildman–Crippen LogP) is 4.88. The Morgan fingerprint density at radius 3 is 1.94 bits per heavy atom. The molecule has 3 saturated heterocycles. The van der Waals surface area contributed by atoms with Crippen LogP contribution in [-0.2, 0) is 12.8 Å². The first-order valence-electron chi connectivity index (χ1n) is 18.1. The number of aromatic nitrogens is 2. The molecule has 1 N–H and O–H groups in total. The zero-order valence-corrected chi connectivity index (χ0v) is 33.2. The third-order valence-corrected chi connectivity index (χ3v) is 12.6. The van der Waals surface area contributed by atoms with E-state index in [0.29, 0.717) is 6.04 Å². The van der Waals surface area contributed by atoms with E-state index < -0.39 is 0 Å². The van der Waals surface area contributed by atoms with E-state index in [-0.39, 0.29) is 39.4 Å². The molecule has 0 amide bonds. The van der Waals surface area contributed by atoms with E-state index in [1.165, 1.54) is 119 Å². The van der Waals surface area contributed by atoms with E-state index in [2.05, 4.69) is 65.4 Å². The number of likely N-dealkylation sites (tertiary alicyclic amines) is 2. The van der Waals surface area contributed by atoms with Crippen molar-refractivity contribution in [3.63, 3.8) is 0 Å². The number of hydrogen-bond acceptors (Lipinski definition) is 8. The van der Waals surface area contributed by atoms with Crippen LogP contribution in [0.4, 0.5) is 0 Å². The molecule has 0 spiro atoms. The summed E-state index contributed by atoms with van der Waals surface area (Å²) in [5.41, 5.74) is 6.33. The summed E-state index contributed by atoms with van der Waals surface area (Å²) in [5, 5.41) is 6.27. The van der Waals surface area contributed by atoms with Gasteiger partial charge in [0.1, 0.15) is 0 Å². The summed E-state index contributed by atoms with van der Waals surface area (Å²) >= 11 is 3.74. The molecule has 6 nitrogen and oxygen atoms in total. The van der Waals surface area contributed by atoms with Gasteiger partial charge in [-0.1, -0.05) is 26.0 Å². The van der Waals surface area contributed by atoms with Gasteiger partial charge in [-0.2, -0.15) is 0 Å². The number of nitrogens with zero attached hydrogens (tertiary/aromatic N) is 5.